The summed E-state index contributed by atoms with van der Waals surface area (Å²) in [5, 5.41) is 10.3. The molecule has 0 atom stereocenters. The largest absolute Gasteiger partial charge is 0.465 e. The number of nitrogens with one attached hydrogen (secondary N) is 1. The Morgan fingerprint density at radius 3 is 2.64 bits per heavy atom. The Bertz CT molecular complexity index is 707. The maximum atomic E-state index is 13.1. The van der Waals surface area contributed by atoms with Gasteiger partial charge in [-0.2, -0.15) is 13.2 Å². The molecule has 1 aromatic heterocycles. The third-order valence-electron chi connectivity index (χ3n) is 2.77. The molecule has 0 aliphatic rings. The lowest BCUT2D eigenvalue weighted by atomic mass is 10.0. The second-order valence-corrected chi connectivity index (χ2v) is 4.58. The van der Waals surface area contributed by atoms with Gasteiger partial charge in [0.2, 0.25) is 5.28 Å². The number of alkyl halides is 3. The molecular weight excluding hydrogens is 323 g/mol. The summed E-state index contributed by atoms with van der Waals surface area (Å²) in [4.78, 5) is 17.9. The predicted octanol–water partition coefficient (Wildman–Crippen LogP) is 3.58. The quantitative estimate of drug-likeness (QED) is 0.843. The zero-order valence-electron chi connectivity index (χ0n) is 10.9. The molecule has 2 aromatic rings. The summed E-state index contributed by atoms with van der Waals surface area (Å²) in [5.74, 6) is 0. The lowest BCUT2D eigenvalue weighted by molar-refractivity contribution is -0.138. The van der Waals surface area contributed by atoms with E-state index in [4.69, 9.17) is 16.7 Å². The predicted molar refractivity (Wildman–Crippen MR) is 72.3 cm³/mol. The molecule has 1 heterocycles. The number of aromatic nitrogens is 2. The number of rotatable bonds is 3. The van der Waals surface area contributed by atoms with E-state index in [0.717, 1.165) is 6.07 Å². The third-order valence-corrected chi connectivity index (χ3v) is 2.95. The Kier molecular flexibility index (Phi) is 4.51. The van der Waals surface area contributed by atoms with Crippen molar-refractivity contribution in [1.82, 2.24) is 15.3 Å². The van der Waals surface area contributed by atoms with Gasteiger partial charge in [0, 0.05) is 18.3 Å². The summed E-state index contributed by atoms with van der Waals surface area (Å²) >= 11 is 5.62. The van der Waals surface area contributed by atoms with Gasteiger partial charge in [0.15, 0.2) is 0 Å². The lowest BCUT2D eigenvalue weighted by Crippen LogP contribution is -2.22. The Morgan fingerprint density at radius 1 is 1.32 bits per heavy atom. The fourth-order valence-corrected chi connectivity index (χ4v) is 1.97. The molecule has 22 heavy (non-hydrogen) atoms. The molecule has 0 fully saturated rings. The molecule has 0 saturated carbocycles. The van der Waals surface area contributed by atoms with Gasteiger partial charge in [-0.25, -0.2) is 14.8 Å². The Balaban J connectivity index is 2.45. The summed E-state index contributed by atoms with van der Waals surface area (Å²) in [6.45, 7) is -0.449. The lowest BCUT2D eigenvalue weighted by Gasteiger charge is -2.14. The van der Waals surface area contributed by atoms with Crippen LogP contribution >= 0.6 is 11.6 Å². The van der Waals surface area contributed by atoms with Crippen molar-refractivity contribution < 1.29 is 23.1 Å². The van der Waals surface area contributed by atoms with Gasteiger partial charge in [0.25, 0.3) is 0 Å². The SMILES string of the molecule is O=C(O)NCc1ccc(-c2ccnc(Cl)n2)cc1C(F)(F)F. The molecule has 0 radical (unpaired) electrons. The minimum Gasteiger partial charge on any atom is -0.465 e. The van der Waals surface area contributed by atoms with Crippen molar-refractivity contribution in [3.63, 3.8) is 0 Å². The summed E-state index contributed by atoms with van der Waals surface area (Å²) in [5.41, 5.74) is -0.675. The van der Waals surface area contributed by atoms with E-state index in [1.165, 1.54) is 24.4 Å². The van der Waals surface area contributed by atoms with Crippen molar-refractivity contribution in [2.45, 2.75) is 12.7 Å². The average Bonchev–Trinajstić information content (AvgIpc) is 2.44. The molecule has 0 bridgehead atoms. The fourth-order valence-electron chi connectivity index (χ4n) is 1.82. The average molecular weight is 332 g/mol. The second-order valence-electron chi connectivity index (χ2n) is 4.24. The van der Waals surface area contributed by atoms with Crippen LogP contribution in [0, 0.1) is 0 Å². The monoisotopic (exact) mass is 331 g/mol. The van der Waals surface area contributed by atoms with Crippen LogP contribution in [0.15, 0.2) is 30.5 Å². The highest BCUT2D eigenvalue weighted by atomic mass is 35.5. The molecule has 1 aromatic carbocycles. The fraction of sp³-hybridized carbons (Fsp3) is 0.154. The van der Waals surface area contributed by atoms with Crippen LogP contribution in [0.5, 0.6) is 0 Å². The molecule has 116 valence electrons. The van der Waals surface area contributed by atoms with Crippen molar-refractivity contribution in [2.24, 2.45) is 0 Å². The first kappa shape index (κ1) is 16.0. The topological polar surface area (TPSA) is 75.1 Å². The van der Waals surface area contributed by atoms with Crippen LogP contribution in [0.2, 0.25) is 5.28 Å². The molecule has 0 spiro atoms. The highest BCUT2D eigenvalue weighted by Gasteiger charge is 2.33. The van der Waals surface area contributed by atoms with Gasteiger partial charge in [-0.15, -0.1) is 0 Å². The number of benzene rings is 1. The van der Waals surface area contributed by atoms with Crippen molar-refractivity contribution in [2.75, 3.05) is 0 Å². The van der Waals surface area contributed by atoms with Crippen LogP contribution in [0.4, 0.5) is 18.0 Å². The first-order chi connectivity index (χ1) is 10.3. The summed E-state index contributed by atoms with van der Waals surface area (Å²) in [7, 11) is 0. The van der Waals surface area contributed by atoms with E-state index >= 15 is 0 Å². The molecule has 2 rings (SSSR count). The maximum Gasteiger partial charge on any atom is 0.416 e. The summed E-state index contributed by atoms with van der Waals surface area (Å²) < 4.78 is 39.3. The number of hydrogen-bond donors (Lipinski definition) is 2. The van der Waals surface area contributed by atoms with E-state index in [1.54, 1.807) is 0 Å². The van der Waals surface area contributed by atoms with E-state index in [0.29, 0.717) is 0 Å². The number of amides is 1. The molecule has 0 unspecified atom stereocenters. The van der Waals surface area contributed by atoms with Gasteiger partial charge < -0.3 is 10.4 Å². The van der Waals surface area contributed by atoms with E-state index in [-0.39, 0.29) is 22.1 Å². The van der Waals surface area contributed by atoms with Crippen LogP contribution in [0.1, 0.15) is 11.1 Å². The molecule has 1 amide bonds. The maximum absolute atomic E-state index is 13.1. The van der Waals surface area contributed by atoms with E-state index in [9.17, 15) is 18.0 Å². The van der Waals surface area contributed by atoms with E-state index in [1.807, 2.05) is 5.32 Å². The van der Waals surface area contributed by atoms with Gasteiger partial charge in [-0.05, 0) is 29.3 Å². The Hall–Kier alpha value is -2.35. The highest BCUT2D eigenvalue weighted by molar-refractivity contribution is 6.28. The third kappa shape index (κ3) is 3.85. The van der Waals surface area contributed by atoms with Gasteiger partial charge in [-0.3, -0.25) is 0 Å². The number of nitrogens with zero attached hydrogens (tertiary/aromatic N) is 2. The summed E-state index contributed by atoms with van der Waals surface area (Å²) in [6, 6.07) is 4.94. The molecule has 5 nitrogen and oxygen atoms in total. The smallest absolute Gasteiger partial charge is 0.416 e. The van der Waals surface area contributed by atoms with Crippen LogP contribution in [-0.4, -0.2) is 21.2 Å². The molecule has 0 aliphatic carbocycles. The van der Waals surface area contributed by atoms with Crippen LogP contribution in [0.3, 0.4) is 0 Å². The van der Waals surface area contributed by atoms with Gasteiger partial charge in [0.05, 0.1) is 11.3 Å². The second kappa shape index (κ2) is 6.18. The summed E-state index contributed by atoms with van der Waals surface area (Å²) in [6.07, 6.45) is -4.69. The van der Waals surface area contributed by atoms with Gasteiger partial charge >= 0.3 is 12.3 Å². The first-order valence-corrected chi connectivity index (χ1v) is 6.31. The van der Waals surface area contributed by atoms with Crippen molar-refractivity contribution in [3.8, 4) is 11.3 Å². The van der Waals surface area contributed by atoms with Crippen molar-refractivity contribution in [1.29, 1.82) is 0 Å². The van der Waals surface area contributed by atoms with E-state index in [2.05, 4.69) is 9.97 Å². The standard InChI is InChI=1S/C13H9ClF3N3O2/c14-11-18-4-3-10(20-11)7-1-2-8(6-19-12(21)22)9(5-7)13(15,16)17/h1-5,19H,6H2,(H,21,22). The normalized spacial score (nSPS) is 11.3. The Morgan fingerprint density at radius 2 is 2.05 bits per heavy atom. The van der Waals surface area contributed by atoms with Gasteiger partial charge in [0.1, 0.15) is 0 Å². The van der Waals surface area contributed by atoms with Crippen molar-refractivity contribution >= 4 is 17.7 Å². The minimum absolute atomic E-state index is 0.0809. The number of carboxylic acid groups (broad SMARTS) is 1. The zero-order valence-corrected chi connectivity index (χ0v) is 11.6. The van der Waals surface area contributed by atoms with Gasteiger partial charge in [-0.1, -0.05) is 12.1 Å². The van der Waals surface area contributed by atoms with Crippen LogP contribution in [0.25, 0.3) is 11.3 Å². The van der Waals surface area contributed by atoms with Crippen LogP contribution < -0.4 is 5.32 Å². The molecule has 0 saturated heterocycles. The molecular formula is C13H9ClF3N3O2. The first-order valence-electron chi connectivity index (χ1n) is 5.93. The van der Waals surface area contributed by atoms with Crippen molar-refractivity contribution in [3.05, 3.63) is 46.9 Å². The molecule has 0 aliphatic heterocycles. The molecule has 9 heteroatoms. The van der Waals surface area contributed by atoms with Crippen LogP contribution in [-0.2, 0) is 12.7 Å². The number of halogens is 4. The minimum atomic E-state index is -4.62. The number of carbonyl (C=O) groups is 1. The Labute approximate surface area is 127 Å². The molecule has 2 N–H and O–H groups in total. The zero-order chi connectivity index (χ0) is 16.3. The number of hydrogen-bond acceptors (Lipinski definition) is 3. The highest BCUT2D eigenvalue weighted by Crippen LogP contribution is 2.34. The van der Waals surface area contributed by atoms with E-state index < -0.39 is 24.4 Å².